The lowest BCUT2D eigenvalue weighted by Gasteiger charge is -2.22. The number of nitrogens with one attached hydrogen (secondary N) is 1. The SMILES string of the molecule is CCOc1nccc(Nc2cc(-c3ccc([N+](=O)[O-])cc3)nn2C(C)(C)C)n1. The molecule has 2 aromatic heterocycles. The molecule has 9 heteroatoms. The highest BCUT2D eigenvalue weighted by Gasteiger charge is 2.21. The summed E-state index contributed by atoms with van der Waals surface area (Å²) in [6.45, 7) is 8.46. The maximum absolute atomic E-state index is 10.9. The van der Waals surface area contributed by atoms with Crippen molar-refractivity contribution in [3.8, 4) is 17.3 Å². The molecule has 0 radical (unpaired) electrons. The molecule has 1 aromatic carbocycles. The van der Waals surface area contributed by atoms with Crippen LogP contribution in [0.1, 0.15) is 27.7 Å². The van der Waals surface area contributed by atoms with E-state index in [4.69, 9.17) is 9.84 Å². The number of aromatic nitrogens is 4. The van der Waals surface area contributed by atoms with Crippen LogP contribution >= 0.6 is 0 Å². The third-order valence-electron chi connectivity index (χ3n) is 3.88. The fraction of sp³-hybridized carbons (Fsp3) is 0.316. The molecule has 0 aliphatic heterocycles. The van der Waals surface area contributed by atoms with Crippen molar-refractivity contribution in [1.29, 1.82) is 0 Å². The Morgan fingerprint density at radius 3 is 2.54 bits per heavy atom. The van der Waals surface area contributed by atoms with Crippen molar-refractivity contribution in [3.63, 3.8) is 0 Å². The Kier molecular flexibility index (Phi) is 5.25. The summed E-state index contributed by atoms with van der Waals surface area (Å²) in [7, 11) is 0. The van der Waals surface area contributed by atoms with Crippen LogP contribution in [-0.2, 0) is 5.54 Å². The van der Waals surface area contributed by atoms with E-state index in [1.807, 2.05) is 38.4 Å². The monoisotopic (exact) mass is 382 g/mol. The van der Waals surface area contributed by atoms with Crippen molar-refractivity contribution < 1.29 is 9.66 Å². The Bertz CT molecular complexity index is 976. The summed E-state index contributed by atoms with van der Waals surface area (Å²) >= 11 is 0. The zero-order valence-corrected chi connectivity index (χ0v) is 16.2. The molecule has 0 aliphatic rings. The first-order chi connectivity index (χ1) is 13.3. The van der Waals surface area contributed by atoms with Crippen molar-refractivity contribution in [1.82, 2.24) is 19.7 Å². The molecule has 146 valence electrons. The molecular formula is C19H22N6O3. The number of nitrogens with zero attached hydrogens (tertiary/aromatic N) is 5. The average molecular weight is 382 g/mol. The number of ether oxygens (including phenoxy) is 1. The van der Waals surface area contributed by atoms with Crippen molar-refractivity contribution in [2.45, 2.75) is 33.2 Å². The van der Waals surface area contributed by atoms with Crippen LogP contribution in [0.3, 0.4) is 0 Å². The van der Waals surface area contributed by atoms with Gasteiger partial charge in [-0.05, 0) is 45.9 Å². The Hall–Kier alpha value is -3.49. The third kappa shape index (κ3) is 4.25. The summed E-state index contributed by atoms with van der Waals surface area (Å²) in [4.78, 5) is 18.8. The van der Waals surface area contributed by atoms with Gasteiger partial charge in [-0.25, -0.2) is 9.67 Å². The molecule has 0 amide bonds. The fourth-order valence-corrected chi connectivity index (χ4v) is 2.62. The van der Waals surface area contributed by atoms with Gasteiger partial charge in [0, 0.05) is 30.0 Å². The van der Waals surface area contributed by atoms with Crippen molar-refractivity contribution in [3.05, 3.63) is 52.7 Å². The lowest BCUT2D eigenvalue weighted by molar-refractivity contribution is -0.384. The largest absolute Gasteiger partial charge is 0.464 e. The van der Waals surface area contributed by atoms with Gasteiger partial charge in [-0.1, -0.05) is 0 Å². The first-order valence-electron chi connectivity index (χ1n) is 8.86. The van der Waals surface area contributed by atoms with Gasteiger partial charge in [-0.15, -0.1) is 0 Å². The van der Waals surface area contributed by atoms with Crippen LogP contribution in [0.4, 0.5) is 17.3 Å². The van der Waals surface area contributed by atoms with Gasteiger partial charge >= 0.3 is 6.01 Å². The van der Waals surface area contributed by atoms with Crippen molar-refractivity contribution >= 4 is 17.3 Å². The molecule has 3 rings (SSSR count). The third-order valence-corrected chi connectivity index (χ3v) is 3.88. The Morgan fingerprint density at radius 2 is 1.93 bits per heavy atom. The molecule has 1 N–H and O–H groups in total. The number of nitro groups is 1. The summed E-state index contributed by atoms with van der Waals surface area (Å²) in [6, 6.07) is 10.2. The Morgan fingerprint density at radius 1 is 1.21 bits per heavy atom. The van der Waals surface area contributed by atoms with Crippen LogP contribution in [0.25, 0.3) is 11.3 Å². The minimum atomic E-state index is -0.421. The minimum Gasteiger partial charge on any atom is -0.464 e. The van der Waals surface area contributed by atoms with E-state index < -0.39 is 4.92 Å². The summed E-state index contributed by atoms with van der Waals surface area (Å²) < 4.78 is 7.20. The molecule has 0 fully saturated rings. The van der Waals surface area contributed by atoms with Gasteiger partial charge in [-0.3, -0.25) is 10.1 Å². The van der Waals surface area contributed by atoms with Crippen LogP contribution in [-0.4, -0.2) is 31.3 Å². The van der Waals surface area contributed by atoms with Crippen LogP contribution in [0, 0.1) is 10.1 Å². The maximum atomic E-state index is 10.9. The van der Waals surface area contributed by atoms with Gasteiger partial charge in [0.05, 0.1) is 22.8 Å². The fourth-order valence-electron chi connectivity index (χ4n) is 2.62. The molecule has 0 bridgehead atoms. The molecule has 0 atom stereocenters. The second-order valence-corrected chi connectivity index (χ2v) is 7.08. The van der Waals surface area contributed by atoms with Crippen LogP contribution < -0.4 is 10.1 Å². The predicted octanol–water partition coefficient (Wildman–Crippen LogP) is 4.15. The number of nitro benzene ring substituents is 1. The first kappa shape index (κ1) is 19.3. The summed E-state index contributed by atoms with van der Waals surface area (Å²) in [5.74, 6) is 1.32. The lowest BCUT2D eigenvalue weighted by atomic mass is 10.1. The van der Waals surface area contributed by atoms with Gasteiger partial charge in [0.1, 0.15) is 11.6 Å². The van der Waals surface area contributed by atoms with E-state index in [9.17, 15) is 10.1 Å². The molecular weight excluding hydrogens is 360 g/mol. The molecule has 0 saturated heterocycles. The smallest absolute Gasteiger partial charge is 0.318 e. The normalized spacial score (nSPS) is 11.3. The number of benzene rings is 1. The van der Waals surface area contributed by atoms with Crippen LogP contribution in [0.2, 0.25) is 0 Å². The summed E-state index contributed by atoms with van der Waals surface area (Å²) in [6.07, 6.45) is 1.62. The highest BCUT2D eigenvalue weighted by molar-refractivity contribution is 5.66. The van der Waals surface area contributed by atoms with Gasteiger partial charge in [-0.2, -0.15) is 10.1 Å². The first-order valence-corrected chi connectivity index (χ1v) is 8.86. The Labute approximate surface area is 162 Å². The van der Waals surface area contributed by atoms with Gasteiger partial charge in [0.25, 0.3) is 5.69 Å². The van der Waals surface area contributed by atoms with Crippen LogP contribution in [0.5, 0.6) is 6.01 Å². The average Bonchev–Trinajstić information content (AvgIpc) is 3.06. The number of non-ortho nitro benzene ring substituents is 1. The molecule has 0 aliphatic carbocycles. The quantitative estimate of drug-likeness (QED) is 0.504. The second kappa shape index (κ2) is 7.63. The van der Waals surface area contributed by atoms with E-state index >= 15 is 0 Å². The van der Waals surface area contributed by atoms with Gasteiger partial charge in [0.15, 0.2) is 0 Å². The van der Waals surface area contributed by atoms with E-state index in [0.29, 0.717) is 24.1 Å². The highest BCUT2D eigenvalue weighted by atomic mass is 16.6. The lowest BCUT2D eigenvalue weighted by Crippen LogP contribution is -2.24. The molecule has 0 saturated carbocycles. The number of rotatable bonds is 6. The van der Waals surface area contributed by atoms with Crippen molar-refractivity contribution in [2.75, 3.05) is 11.9 Å². The minimum absolute atomic E-state index is 0.0433. The highest BCUT2D eigenvalue weighted by Crippen LogP contribution is 2.29. The standard InChI is InChI=1S/C19H22N6O3/c1-5-28-18-20-11-10-16(22-18)21-17-12-15(23-24(17)19(2,3)4)13-6-8-14(9-7-13)25(26)27/h6-12H,5H2,1-4H3,(H,20,21,22). The Balaban J connectivity index is 1.96. The number of hydrogen-bond acceptors (Lipinski definition) is 7. The van der Waals surface area contributed by atoms with E-state index in [1.165, 1.54) is 12.1 Å². The topological polar surface area (TPSA) is 108 Å². The van der Waals surface area contributed by atoms with E-state index in [0.717, 1.165) is 11.4 Å². The summed E-state index contributed by atoms with van der Waals surface area (Å²) in [5, 5.41) is 18.8. The molecule has 2 heterocycles. The zero-order valence-electron chi connectivity index (χ0n) is 16.2. The molecule has 3 aromatic rings. The summed E-state index contributed by atoms with van der Waals surface area (Å²) in [5.41, 5.74) is 1.24. The van der Waals surface area contributed by atoms with Crippen LogP contribution in [0.15, 0.2) is 42.6 Å². The molecule has 28 heavy (non-hydrogen) atoms. The second-order valence-electron chi connectivity index (χ2n) is 7.08. The number of anilines is 2. The molecule has 9 nitrogen and oxygen atoms in total. The van der Waals surface area contributed by atoms with Gasteiger partial charge in [0.2, 0.25) is 0 Å². The zero-order chi connectivity index (χ0) is 20.3. The molecule has 0 unspecified atom stereocenters. The predicted molar refractivity (Wildman–Crippen MR) is 106 cm³/mol. The van der Waals surface area contributed by atoms with E-state index in [2.05, 4.69) is 15.3 Å². The number of hydrogen-bond donors (Lipinski definition) is 1. The van der Waals surface area contributed by atoms with Gasteiger partial charge < -0.3 is 10.1 Å². The van der Waals surface area contributed by atoms with E-state index in [-0.39, 0.29) is 11.2 Å². The molecule has 0 spiro atoms. The van der Waals surface area contributed by atoms with Crippen molar-refractivity contribution in [2.24, 2.45) is 0 Å². The van der Waals surface area contributed by atoms with E-state index in [1.54, 1.807) is 24.4 Å². The maximum Gasteiger partial charge on any atom is 0.318 e.